The highest BCUT2D eigenvalue weighted by Crippen LogP contribution is 2.21. The molecule has 0 aliphatic rings. The van der Waals surface area contributed by atoms with E-state index >= 15 is 0 Å². The molecular weight excluding hydrogens is 196 g/mol. The maximum absolute atomic E-state index is 10.6. The fourth-order valence-electron chi connectivity index (χ4n) is 1.06. The first kappa shape index (κ1) is 10.6. The van der Waals surface area contributed by atoms with Gasteiger partial charge in [-0.05, 0) is 24.3 Å². The van der Waals surface area contributed by atoms with Gasteiger partial charge in [0.2, 0.25) is 0 Å². The summed E-state index contributed by atoms with van der Waals surface area (Å²) in [4.78, 5) is 20.1. The van der Waals surface area contributed by atoms with Gasteiger partial charge in [0, 0.05) is 6.07 Å². The summed E-state index contributed by atoms with van der Waals surface area (Å²) >= 11 is 0. The fraction of sp³-hybridized carbons (Fsp3) is 0. The summed E-state index contributed by atoms with van der Waals surface area (Å²) in [6.07, 6.45) is 3.02. The maximum atomic E-state index is 10.6. The molecule has 0 fully saturated rings. The number of rotatable bonds is 3. The molecule has 0 bridgehead atoms. The van der Waals surface area contributed by atoms with E-state index in [1.165, 1.54) is 24.3 Å². The van der Waals surface area contributed by atoms with E-state index < -0.39 is 4.92 Å². The van der Waals surface area contributed by atoms with Crippen LogP contribution in [-0.4, -0.2) is 11.2 Å². The van der Waals surface area contributed by atoms with Gasteiger partial charge < -0.3 is 0 Å². The Morgan fingerprint density at radius 1 is 1.47 bits per heavy atom. The summed E-state index contributed by atoms with van der Waals surface area (Å²) < 4.78 is 0. The first-order valence-electron chi connectivity index (χ1n) is 3.99. The van der Waals surface area contributed by atoms with E-state index in [1.54, 1.807) is 0 Å². The Bertz CT molecular complexity index is 472. The maximum Gasteiger partial charge on any atom is 0.277 e. The van der Waals surface area contributed by atoms with Gasteiger partial charge in [0.1, 0.15) is 6.29 Å². The zero-order chi connectivity index (χ0) is 11.3. The van der Waals surface area contributed by atoms with Crippen LogP contribution < -0.4 is 0 Å². The summed E-state index contributed by atoms with van der Waals surface area (Å²) in [7, 11) is 0. The number of hydrogen-bond acceptors (Lipinski definition) is 4. The van der Waals surface area contributed by atoms with Crippen LogP contribution in [-0.2, 0) is 4.79 Å². The highest BCUT2D eigenvalue weighted by Gasteiger charge is 2.11. The van der Waals surface area contributed by atoms with E-state index in [-0.39, 0.29) is 11.3 Å². The minimum Gasteiger partial charge on any atom is -0.299 e. The van der Waals surface area contributed by atoms with Gasteiger partial charge in [-0.25, -0.2) is 0 Å². The molecule has 0 amide bonds. The quantitative estimate of drug-likeness (QED) is 0.323. The summed E-state index contributed by atoms with van der Waals surface area (Å²) in [5.74, 6) is 0. The fourth-order valence-corrected chi connectivity index (χ4v) is 1.06. The van der Waals surface area contributed by atoms with Crippen LogP contribution in [0, 0.1) is 21.4 Å². The lowest BCUT2D eigenvalue weighted by Crippen LogP contribution is -1.92. The molecule has 0 aromatic heterocycles. The Labute approximate surface area is 85.4 Å². The van der Waals surface area contributed by atoms with Crippen molar-refractivity contribution in [3.8, 4) is 6.07 Å². The molecule has 0 spiro atoms. The molecule has 0 saturated carbocycles. The second-order valence-electron chi connectivity index (χ2n) is 2.64. The second kappa shape index (κ2) is 4.67. The Morgan fingerprint density at radius 3 is 2.73 bits per heavy atom. The van der Waals surface area contributed by atoms with Crippen LogP contribution in [0.5, 0.6) is 0 Å². The van der Waals surface area contributed by atoms with Crippen molar-refractivity contribution in [3.05, 3.63) is 45.5 Å². The smallest absolute Gasteiger partial charge is 0.277 e. The lowest BCUT2D eigenvalue weighted by molar-refractivity contribution is -0.385. The predicted octanol–water partition coefficient (Wildman–Crippen LogP) is 1.68. The number of carbonyl (C=O) groups is 1. The van der Waals surface area contributed by atoms with Crippen LogP contribution in [0.4, 0.5) is 5.69 Å². The van der Waals surface area contributed by atoms with Crippen molar-refractivity contribution < 1.29 is 9.72 Å². The predicted molar refractivity (Wildman–Crippen MR) is 52.9 cm³/mol. The third-order valence-electron chi connectivity index (χ3n) is 1.71. The van der Waals surface area contributed by atoms with Gasteiger partial charge in [0.05, 0.1) is 22.1 Å². The summed E-state index contributed by atoms with van der Waals surface area (Å²) in [5.41, 5.74) is 0.322. The van der Waals surface area contributed by atoms with Crippen molar-refractivity contribution in [2.45, 2.75) is 0 Å². The minimum absolute atomic E-state index is 0.188. The monoisotopic (exact) mass is 202 g/mol. The molecule has 0 N–H and O–H groups in total. The van der Waals surface area contributed by atoms with Crippen molar-refractivity contribution in [1.82, 2.24) is 0 Å². The van der Waals surface area contributed by atoms with Gasteiger partial charge >= 0.3 is 0 Å². The Hall–Kier alpha value is -2.48. The number of benzene rings is 1. The number of carbonyl (C=O) groups excluding carboxylic acids is 1. The van der Waals surface area contributed by atoms with Gasteiger partial charge in [0.15, 0.2) is 0 Å². The molecule has 0 radical (unpaired) electrons. The molecule has 0 saturated heterocycles. The van der Waals surface area contributed by atoms with Gasteiger partial charge in [-0.15, -0.1) is 0 Å². The number of nitro groups is 1. The molecule has 5 nitrogen and oxygen atoms in total. The lowest BCUT2D eigenvalue weighted by atomic mass is 10.1. The van der Waals surface area contributed by atoms with Crippen LogP contribution >= 0.6 is 0 Å². The third-order valence-corrected chi connectivity index (χ3v) is 1.71. The van der Waals surface area contributed by atoms with Crippen molar-refractivity contribution in [3.63, 3.8) is 0 Å². The number of nitrogens with zero attached hydrogens (tertiary/aromatic N) is 2. The Morgan fingerprint density at radius 2 is 2.20 bits per heavy atom. The molecule has 15 heavy (non-hydrogen) atoms. The third kappa shape index (κ3) is 2.48. The highest BCUT2D eigenvalue weighted by atomic mass is 16.6. The molecule has 74 valence electrons. The Kier molecular flexibility index (Phi) is 3.30. The van der Waals surface area contributed by atoms with E-state index in [1.807, 2.05) is 6.07 Å². The first-order valence-corrected chi connectivity index (χ1v) is 3.99. The van der Waals surface area contributed by atoms with Gasteiger partial charge in [0.25, 0.3) is 5.69 Å². The van der Waals surface area contributed by atoms with Gasteiger partial charge in [-0.3, -0.25) is 14.9 Å². The van der Waals surface area contributed by atoms with Crippen LogP contribution in [0.1, 0.15) is 11.1 Å². The molecule has 0 heterocycles. The zero-order valence-corrected chi connectivity index (χ0v) is 7.58. The second-order valence-corrected chi connectivity index (χ2v) is 2.64. The SMILES string of the molecule is N#Cc1ccc(C=CC=O)c([N+](=O)[O-])c1. The summed E-state index contributed by atoms with van der Waals surface area (Å²) in [6.45, 7) is 0. The summed E-state index contributed by atoms with van der Waals surface area (Å²) in [5, 5.41) is 19.2. The van der Waals surface area contributed by atoms with Crippen LogP contribution in [0.2, 0.25) is 0 Å². The highest BCUT2D eigenvalue weighted by molar-refractivity contribution is 5.76. The topological polar surface area (TPSA) is 84.0 Å². The molecule has 1 aromatic carbocycles. The molecule has 1 rings (SSSR count). The molecule has 0 atom stereocenters. The van der Waals surface area contributed by atoms with E-state index in [0.29, 0.717) is 11.8 Å². The van der Waals surface area contributed by atoms with Crippen molar-refractivity contribution in [2.75, 3.05) is 0 Å². The van der Waals surface area contributed by atoms with Crippen LogP contribution in [0.15, 0.2) is 24.3 Å². The van der Waals surface area contributed by atoms with E-state index in [4.69, 9.17) is 5.26 Å². The van der Waals surface area contributed by atoms with Gasteiger partial charge in [-0.1, -0.05) is 0 Å². The number of hydrogen-bond donors (Lipinski definition) is 0. The number of allylic oxidation sites excluding steroid dienone is 1. The van der Waals surface area contributed by atoms with Crippen molar-refractivity contribution in [1.29, 1.82) is 5.26 Å². The van der Waals surface area contributed by atoms with Crippen LogP contribution in [0.3, 0.4) is 0 Å². The van der Waals surface area contributed by atoms with Crippen LogP contribution in [0.25, 0.3) is 6.08 Å². The lowest BCUT2D eigenvalue weighted by Gasteiger charge is -1.96. The summed E-state index contributed by atoms with van der Waals surface area (Å²) in [6, 6.07) is 5.86. The molecule has 0 aliphatic heterocycles. The average molecular weight is 202 g/mol. The molecule has 0 unspecified atom stereocenters. The van der Waals surface area contributed by atoms with Crippen molar-refractivity contribution >= 4 is 18.0 Å². The normalized spacial score (nSPS) is 9.80. The Balaban J connectivity index is 3.28. The van der Waals surface area contributed by atoms with E-state index in [2.05, 4.69) is 0 Å². The number of nitriles is 1. The van der Waals surface area contributed by atoms with Gasteiger partial charge in [-0.2, -0.15) is 5.26 Å². The number of nitro benzene ring substituents is 1. The molecule has 0 aliphatic carbocycles. The first-order chi connectivity index (χ1) is 7.19. The molecule has 1 aromatic rings. The van der Waals surface area contributed by atoms with E-state index in [9.17, 15) is 14.9 Å². The largest absolute Gasteiger partial charge is 0.299 e. The average Bonchev–Trinajstić information content (AvgIpc) is 2.26. The standard InChI is InChI=1S/C10H6N2O3/c11-7-8-3-4-9(2-1-5-13)10(6-8)12(14)15/h1-6H. The van der Waals surface area contributed by atoms with Crippen molar-refractivity contribution in [2.24, 2.45) is 0 Å². The zero-order valence-electron chi connectivity index (χ0n) is 7.58. The molecule has 5 heteroatoms. The number of aldehydes is 1. The van der Waals surface area contributed by atoms with E-state index in [0.717, 1.165) is 6.08 Å². The minimum atomic E-state index is -0.592. The molecular formula is C10H6N2O3.